The fourth-order valence-electron chi connectivity index (χ4n) is 5.08. The van der Waals surface area contributed by atoms with Crippen LogP contribution in [0.15, 0.2) is 43.0 Å². The molecule has 1 unspecified atom stereocenters. The Morgan fingerprint density at radius 1 is 1.09 bits per heavy atom. The lowest BCUT2D eigenvalue weighted by Crippen LogP contribution is -2.30. The van der Waals surface area contributed by atoms with Crippen molar-refractivity contribution in [1.82, 2.24) is 24.6 Å². The van der Waals surface area contributed by atoms with Crippen LogP contribution < -0.4 is 9.64 Å². The number of aromatic nitrogens is 4. The normalized spacial score (nSPS) is 21.2. The molecule has 2 fully saturated rings. The third-order valence-corrected chi connectivity index (χ3v) is 6.62. The van der Waals surface area contributed by atoms with Crippen molar-refractivity contribution < 1.29 is 9.13 Å². The maximum atomic E-state index is 14.2. The SMILES string of the molecule is CC(C)n1nccc1-c1cc(F)ccc1Oc1cncnc1N1CCC2(CCN(C)C2)C1. The lowest BCUT2D eigenvalue weighted by Gasteiger charge is -2.25. The minimum Gasteiger partial charge on any atom is -0.451 e. The lowest BCUT2D eigenvalue weighted by atomic mass is 9.86. The molecule has 168 valence electrons. The second-order valence-corrected chi connectivity index (χ2v) is 9.37. The molecule has 2 aliphatic heterocycles. The average Bonchev–Trinajstić information content (AvgIpc) is 3.50. The molecule has 1 spiro atoms. The molecule has 2 aromatic heterocycles. The number of benzene rings is 1. The van der Waals surface area contributed by atoms with Gasteiger partial charge in [0.05, 0.1) is 11.9 Å². The lowest BCUT2D eigenvalue weighted by molar-refractivity contribution is 0.311. The van der Waals surface area contributed by atoms with Gasteiger partial charge >= 0.3 is 0 Å². The Bertz CT molecular complexity index is 1120. The molecule has 3 aromatic rings. The third kappa shape index (κ3) is 3.83. The van der Waals surface area contributed by atoms with Gasteiger partial charge in [-0.3, -0.25) is 4.68 Å². The standard InChI is InChI=1S/C24H29FN6O/c1-17(2)31-20(6-9-28-31)19-12-18(25)4-5-21(19)32-22-13-26-16-27-23(22)30-11-8-24(15-30)7-10-29(3)14-24/h4-6,9,12-13,16-17H,7-8,10-11,14-15H2,1-3H3. The molecule has 2 saturated heterocycles. The number of nitrogens with zero attached hydrogens (tertiary/aromatic N) is 6. The largest absolute Gasteiger partial charge is 0.451 e. The Morgan fingerprint density at radius 3 is 2.72 bits per heavy atom. The second kappa shape index (κ2) is 8.16. The molecule has 32 heavy (non-hydrogen) atoms. The molecule has 4 heterocycles. The molecule has 0 saturated carbocycles. The van der Waals surface area contributed by atoms with Crippen LogP contribution in [-0.2, 0) is 0 Å². The van der Waals surface area contributed by atoms with E-state index in [1.165, 1.54) is 18.6 Å². The van der Waals surface area contributed by atoms with Crippen molar-refractivity contribution in [1.29, 1.82) is 0 Å². The quantitative estimate of drug-likeness (QED) is 0.591. The summed E-state index contributed by atoms with van der Waals surface area (Å²) >= 11 is 0. The van der Waals surface area contributed by atoms with E-state index >= 15 is 0 Å². The summed E-state index contributed by atoms with van der Waals surface area (Å²) in [6.07, 6.45) is 7.34. The zero-order chi connectivity index (χ0) is 22.3. The van der Waals surface area contributed by atoms with Gasteiger partial charge in [0.2, 0.25) is 0 Å². The van der Waals surface area contributed by atoms with E-state index in [1.807, 2.05) is 24.6 Å². The fourth-order valence-corrected chi connectivity index (χ4v) is 5.08. The Hall–Kier alpha value is -3.00. The molecule has 0 aliphatic carbocycles. The summed E-state index contributed by atoms with van der Waals surface area (Å²) in [5, 5.41) is 4.40. The predicted molar refractivity (Wildman–Crippen MR) is 121 cm³/mol. The third-order valence-electron chi connectivity index (χ3n) is 6.62. The van der Waals surface area contributed by atoms with Crippen LogP contribution in [0.1, 0.15) is 32.7 Å². The summed E-state index contributed by atoms with van der Waals surface area (Å²) in [5.41, 5.74) is 1.78. The predicted octanol–water partition coefficient (Wildman–Crippen LogP) is 4.38. The molecule has 8 heteroatoms. The van der Waals surface area contributed by atoms with Crippen LogP contribution in [0.3, 0.4) is 0 Å². The monoisotopic (exact) mass is 436 g/mol. The minimum atomic E-state index is -0.319. The number of hydrogen-bond donors (Lipinski definition) is 0. The van der Waals surface area contributed by atoms with E-state index in [4.69, 9.17) is 4.74 Å². The molecule has 1 aromatic carbocycles. The molecule has 7 nitrogen and oxygen atoms in total. The average molecular weight is 437 g/mol. The van der Waals surface area contributed by atoms with Crippen LogP contribution in [0.2, 0.25) is 0 Å². The van der Waals surface area contributed by atoms with E-state index in [9.17, 15) is 4.39 Å². The smallest absolute Gasteiger partial charge is 0.188 e. The van der Waals surface area contributed by atoms with E-state index < -0.39 is 0 Å². The summed E-state index contributed by atoms with van der Waals surface area (Å²) in [5.74, 6) is 1.61. The molecular weight excluding hydrogens is 407 g/mol. The van der Waals surface area contributed by atoms with Gasteiger partial charge in [-0.25, -0.2) is 14.4 Å². The van der Waals surface area contributed by atoms with Crippen LogP contribution in [0, 0.1) is 11.2 Å². The van der Waals surface area contributed by atoms with Gasteiger partial charge in [0.1, 0.15) is 17.9 Å². The first-order chi connectivity index (χ1) is 15.4. The van der Waals surface area contributed by atoms with Crippen molar-refractivity contribution in [3.05, 3.63) is 48.8 Å². The van der Waals surface area contributed by atoms with Crippen LogP contribution in [0.5, 0.6) is 11.5 Å². The van der Waals surface area contributed by atoms with E-state index in [0.717, 1.165) is 44.1 Å². The number of ether oxygens (including phenoxy) is 1. The summed E-state index contributed by atoms with van der Waals surface area (Å²) < 4.78 is 22.4. The van der Waals surface area contributed by atoms with Gasteiger partial charge in [-0.05, 0) is 64.5 Å². The summed E-state index contributed by atoms with van der Waals surface area (Å²) in [6.45, 7) is 8.25. The van der Waals surface area contributed by atoms with Crippen molar-refractivity contribution in [3.8, 4) is 22.8 Å². The number of rotatable bonds is 5. The van der Waals surface area contributed by atoms with Gasteiger partial charge in [-0.2, -0.15) is 5.10 Å². The number of anilines is 1. The Kier molecular flexibility index (Phi) is 5.33. The molecule has 0 amide bonds. The minimum absolute atomic E-state index is 0.136. The van der Waals surface area contributed by atoms with E-state index in [1.54, 1.807) is 24.8 Å². The Balaban J connectivity index is 1.47. The van der Waals surface area contributed by atoms with Crippen LogP contribution in [0.25, 0.3) is 11.3 Å². The summed E-state index contributed by atoms with van der Waals surface area (Å²) in [7, 11) is 2.19. The Labute approximate surface area is 187 Å². The topological polar surface area (TPSA) is 59.3 Å². The van der Waals surface area contributed by atoms with Gasteiger partial charge in [-0.1, -0.05) is 0 Å². The Morgan fingerprint density at radius 2 is 1.94 bits per heavy atom. The molecule has 0 N–H and O–H groups in total. The van der Waals surface area contributed by atoms with Crippen LogP contribution in [0.4, 0.5) is 10.2 Å². The van der Waals surface area contributed by atoms with Crippen molar-refractivity contribution in [2.75, 3.05) is 38.1 Å². The van der Waals surface area contributed by atoms with E-state index in [2.05, 4.69) is 31.9 Å². The van der Waals surface area contributed by atoms with Crippen molar-refractivity contribution in [2.45, 2.75) is 32.7 Å². The van der Waals surface area contributed by atoms with E-state index in [0.29, 0.717) is 22.5 Å². The first-order valence-electron chi connectivity index (χ1n) is 11.2. The molecular formula is C24H29FN6O. The van der Waals surface area contributed by atoms with Gasteiger partial charge in [0.15, 0.2) is 11.6 Å². The first kappa shape index (κ1) is 20.9. The maximum absolute atomic E-state index is 14.2. The highest BCUT2D eigenvalue weighted by molar-refractivity contribution is 5.69. The van der Waals surface area contributed by atoms with Crippen LogP contribution in [-0.4, -0.2) is 57.9 Å². The molecule has 1 atom stereocenters. The molecule has 2 aliphatic rings. The maximum Gasteiger partial charge on any atom is 0.188 e. The number of hydrogen-bond acceptors (Lipinski definition) is 6. The van der Waals surface area contributed by atoms with Crippen molar-refractivity contribution >= 4 is 5.82 Å². The zero-order valence-corrected chi connectivity index (χ0v) is 18.8. The highest BCUT2D eigenvalue weighted by atomic mass is 19.1. The second-order valence-electron chi connectivity index (χ2n) is 9.37. The van der Waals surface area contributed by atoms with Gasteiger partial charge in [0.25, 0.3) is 0 Å². The highest BCUT2D eigenvalue weighted by Crippen LogP contribution is 2.43. The van der Waals surface area contributed by atoms with Crippen molar-refractivity contribution in [2.24, 2.45) is 5.41 Å². The fraction of sp³-hybridized carbons (Fsp3) is 0.458. The zero-order valence-electron chi connectivity index (χ0n) is 18.8. The van der Waals surface area contributed by atoms with Gasteiger partial charge < -0.3 is 14.5 Å². The van der Waals surface area contributed by atoms with E-state index in [-0.39, 0.29) is 11.9 Å². The van der Waals surface area contributed by atoms with Crippen LogP contribution >= 0.6 is 0 Å². The highest BCUT2D eigenvalue weighted by Gasteiger charge is 2.43. The van der Waals surface area contributed by atoms with Gasteiger partial charge in [-0.15, -0.1) is 0 Å². The molecule has 0 radical (unpaired) electrons. The number of halogens is 1. The summed E-state index contributed by atoms with van der Waals surface area (Å²) in [4.78, 5) is 13.5. The van der Waals surface area contributed by atoms with Gasteiger partial charge in [0, 0.05) is 42.9 Å². The molecule has 5 rings (SSSR count). The first-order valence-corrected chi connectivity index (χ1v) is 11.2. The summed E-state index contributed by atoms with van der Waals surface area (Å²) in [6, 6.07) is 6.59. The van der Waals surface area contributed by atoms with Crippen molar-refractivity contribution in [3.63, 3.8) is 0 Å². The molecule has 0 bridgehead atoms. The number of likely N-dealkylation sites (tertiary alicyclic amines) is 1.